The molecule has 0 saturated carbocycles. The van der Waals surface area contributed by atoms with Crippen LogP contribution in [0.25, 0.3) is 22.5 Å². The summed E-state index contributed by atoms with van der Waals surface area (Å²) < 4.78 is 12.8. The Labute approximate surface area is 277 Å². The molecular formula is C39H29BIrN2O2-2. The van der Waals surface area contributed by atoms with Crippen molar-refractivity contribution in [3.8, 4) is 45.5 Å². The number of fused-ring (bicyclic) bond motifs is 5. The van der Waals surface area contributed by atoms with Gasteiger partial charge in [-0.25, -0.2) is 0 Å². The predicted molar refractivity (Wildman–Crippen MR) is 176 cm³/mol. The van der Waals surface area contributed by atoms with Gasteiger partial charge in [-0.2, -0.15) is 0 Å². The number of hydrogen-bond donors (Lipinski definition) is 0. The number of rotatable bonds is 2. The van der Waals surface area contributed by atoms with Crippen LogP contribution in [0.1, 0.15) is 29.5 Å². The van der Waals surface area contributed by atoms with Gasteiger partial charge in [0.15, 0.2) is 0 Å². The number of aryl methyl sites for hydroxylation is 3. The van der Waals surface area contributed by atoms with Gasteiger partial charge in [-0.1, -0.05) is 71.2 Å². The SMILES string of the molecule is Cc1ccc(-c2[c-]cccc2)nc1.[Ir].[c-]1cc2c3c(c1-c1cc4c(cn1)CCCC4)Oc1ccccc1B3c1ccccc1O2. The number of para-hydroxylation sites is 2. The fourth-order valence-electron chi connectivity index (χ4n) is 6.44. The average Bonchev–Trinajstić information content (AvgIpc) is 3.09. The monoisotopic (exact) mass is 761 g/mol. The van der Waals surface area contributed by atoms with Crippen molar-refractivity contribution >= 4 is 23.1 Å². The zero-order chi connectivity index (χ0) is 29.5. The molecule has 2 aromatic heterocycles. The second-order valence-electron chi connectivity index (χ2n) is 11.5. The summed E-state index contributed by atoms with van der Waals surface area (Å²) in [5.41, 5.74) is 11.2. The smallest absolute Gasteiger partial charge is 0.239 e. The topological polar surface area (TPSA) is 44.2 Å². The van der Waals surface area contributed by atoms with Crippen molar-refractivity contribution < 1.29 is 29.6 Å². The quantitative estimate of drug-likeness (QED) is 0.141. The molecule has 0 amide bonds. The number of aromatic nitrogens is 2. The molecule has 3 aliphatic rings. The van der Waals surface area contributed by atoms with Crippen LogP contribution in [0.3, 0.4) is 0 Å². The standard InChI is InChI=1S/C27H19BNO2.C12H10N.Ir/c1-2-8-18-16-29-22(15-17(18)7-1)19-13-14-25-26-27(19)31-24-12-6-4-10-21(24)28(26)20-9-3-5-11-23(20)30-25;1-10-7-8-12(13-9-10)11-5-3-2-4-6-11;/h3-6,9-12,14-16H,1-2,7-8H2;2-5,7-9H,1H3;/q2*-1;. The Balaban J connectivity index is 0.000000196. The third kappa shape index (κ3) is 5.50. The summed E-state index contributed by atoms with van der Waals surface area (Å²) >= 11 is 0. The number of pyridine rings is 2. The van der Waals surface area contributed by atoms with Crippen LogP contribution in [0.5, 0.6) is 23.0 Å². The molecule has 4 nitrogen and oxygen atoms in total. The van der Waals surface area contributed by atoms with Gasteiger partial charge in [0.2, 0.25) is 6.71 Å². The van der Waals surface area contributed by atoms with Gasteiger partial charge in [0, 0.05) is 44.0 Å². The van der Waals surface area contributed by atoms with Crippen LogP contribution >= 0.6 is 0 Å². The summed E-state index contributed by atoms with van der Waals surface area (Å²) in [5.74, 6) is 3.42. The van der Waals surface area contributed by atoms with Crippen molar-refractivity contribution in [2.45, 2.75) is 32.6 Å². The summed E-state index contributed by atoms with van der Waals surface area (Å²) in [4.78, 5) is 9.13. The molecule has 1 radical (unpaired) electrons. The van der Waals surface area contributed by atoms with E-state index in [1.165, 1.54) is 40.5 Å². The van der Waals surface area contributed by atoms with Gasteiger partial charge in [0.25, 0.3) is 0 Å². The first kappa shape index (κ1) is 29.2. The summed E-state index contributed by atoms with van der Waals surface area (Å²) in [5, 5.41) is 0. The Kier molecular flexibility index (Phi) is 8.10. The fraction of sp³-hybridized carbons (Fsp3) is 0.128. The molecule has 2 aliphatic heterocycles. The van der Waals surface area contributed by atoms with Gasteiger partial charge in [-0.05, 0) is 78.2 Å². The zero-order valence-corrected chi connectivity index (χ0v) is 27.2. The molecule has 6 aromatic rings. The van der Waals surface area contributed by atoms with Crippen molar-refractivity contribution in [1.29, 1.82) is 0 Å². The van der Waals surface area contributed by atoms with Gasteiger partial charge in [0.1, 0.15) is 11.5 Å². The molecule has 4 aromatic carbocycles. The van der Waals surface area contributed by atoms with E-state index < -0.39 is 0 Å². The Hall–Kier alpha value is -4.51. The molecule has 0 spiro atoms. The third-order valence-corrected chi connectivity index (χ3v) is 8.64. The molecule has 1 aliphatic carbocycles. The maximum atomic E-state index is 6.52. The molecule has 0 saturated heterocycles. The first-order chi connectivity index (χ1) is 21.7. The number of hydrogen-bond acceptors (Lipinski definition) is 4. The molecule has 0 bridgehead atoms. The van der Waals surface area contributed by atoms with Crippen LogP contribution in [0.2, 0.25) is 0 Å². The maximum absolute atomic E-state index is 6.52. The van der Waals surface area contributed by atoms with Crippen LogP contribution in [-0.2, 0) is 32.9 Å². The molecule has 221 valence electrons. The van der Waals surface area contributed by atoms with Gasteiger partial charge in [-0.3, -0.25) is 0 Å². The molecule has 0 N–H and O–H groups in total. The minimum absolute atomic E-state index is 0. The normalized spacial score (nSPS) is 13.2. The summed E-state index contributed by atoms with van der Waals surface area (Å²) in [6.45, 7) is 2.11. The van der Waals surface area contributed by atoms with Crippen LogP contribution < -0.4 is 25.9 Å². The Bertz CT molecular complexity index is 1990. The Morgan fingerprint density at radius 2 is 1.40 bits per heavy atom. The maximum Gasteiger partial charge on any atom is 0.239 e. The average molecular weight is 761 g/mol. The van der Waals surface area contributed by atoms with Crippen molar-refractivity contribution in [2.24, 2.45) is 0 Å². The largest absolute Gasteiger partial charge is 0.503 e. The van der Waals surface area contributed by atoms with E-state index >= 15 is 0 Å². The van der Waals surface area contributed by atoms with E-state index in [9.17, 15) is 0 Å². The van der Waals surface area contributed by atoms with E-state index in [1.807, 2.05) is 80.0 Å². The van der Waals surface area contributed by atoms with Crippen molar-refractivity contribution in [3.63, 3.8) is 0 Å². The van der Waals surface area contributed by atoms with E-state index in [-0.39, 0.29) is 26.8 Å². The molecular weight excluding hydrogens is 731 g/mol. The van der Waals surface area contributed by atoms with Crippen LogP contribution in [0.15, 0.2) is 109 Å². The molecule has 6 heteroatoms. The molecule has 9 rings (SSSR count). The summed E-state index contributed by atoms with van der Waals surface area (Å²) in [6.07, 6.45) is 8.66. The van der Waals surface area contributed by atoms with Crippen molar-refractivity contribution in [1.82, 2.24) is 9.97 Å². The number of ether oxygens (including phenoxy) is 2. The van der Waals surface area contributed by atoms with Crippen LogP contribution in [-0.4, -0.2) is 16.7 Å². The van der Waals surface area contributed by atoms with E-state index in [1.54, 1.807) is 0 Å². The van der Waals surface area contributed by atoms with E-state index in [2.05, 4.69) is 53.5 Å². The predicted octanol–water partition coefficient (Wildman–Crippen LogP) is 7.01. The van der Waals surface area contributed by atoms with E-state index in [0.29, 0.717) is 0 Å². The van der Waals surface area contributed by atoms with Crippen molar-refractivity contribution in [3.05, 3.63) is 138 Å². The number of nitrogens with zero attached hydrogens (tertiary/aromatic N) is 2. The van der Waals surface area contributed by atoms with Crippen LogP contribution in [0, 0.1) is 19.1 Å². The van der Waals surface area contributed by atoms with Gasteiger partial charge >= 0.3 is 0 Å². The zero-order valence-electron chi connectivity index (χ0n) is 24.8. The molecule has 0 fully saturated rings. The Morgan fingerprint density at radius 3 is 2.13 bits per heavy atom. The molecule has 0 unspecified atom stereocenters. The van der Waals surface area contributed by atoms with E-state index in [4.69, 9.17) is 14.5 Å². The van der Waals surface area contributed by atoms with Crippen LogP contribution in [0.4, 0.5) is 0 Å². The molecule has 0 atom stereocenters. The third-order valence-electron chi connectivity index (χ3n) is 8.64. The number of benzene rings is 4. The minimum atomic E-state index is 0. The Morgan fingerprint density at radius 1 is 0.689 bits per heavy atom. The first-order valence-electron chi connectivity index (χ1n) is 15.2. The van der Waals surface area contributed by atoms with E-state index in [0.717, 1.165) is 63.8 Å². The van der Waals surface area contributed by atoms with Crippen molar-refractivity contribution in [2.75, 3.05) is 0 Å². The minimum Gasteiger partial charge on any atom is -0.503 e. The second-order valence-corrected chi connectivity index (χ2v) is 11.5. The summed E-state index contributed by atoms with van der Waals surface area (Å²) in [6, 6.07) is 39.3. The van der Waals surface area contributed by atoms with Gasteiger partial charge in [0.05, 0.1) is 0 Å². The molecule has 4 heterocycles. The fourth-order valence-corrected chi connectivity index (χ4v) is 6.44. The molecule has 45 heavy (non-hydrogen) atoms. The summed E-state index contributed by atoms with van der Waals surface area (Å²) in [7, 11) is 0. The first-order valence-corrected chi connectivity index (χ1v) is 15.2. The van der Waals surface area contributed by atoms with Gasteiger partial charge < -0.3 is 19.4 Å². The second kappa shape index (κ2) is 12.5. The van der Waals surface area contributed by atoms with Gasteiger partial charge in [-0.15, -0.1) is 48.0 Å².